The second-order valence-corrected chi connectivity index (χ2v) is 4.04. The summed E-state index contributed by atoms with van der Waals surface area (Å²) >= 11 is 0. The predicted octanol–water partition coefficient (Wildman–Crippen LogP) is 4.47. The van der Waals surface area contributed by atoms with Gasteiger partial charge in [0.1, 0.15) is 0 Å². The number of rotatable bonds is 4. The summed E-state index contributed by atoms with van der Waals surface area (Å²) in [5.41, 5.74) is 0. The van der Waals surface area contributed by atoms with Crippen LogP contribution in [0, 0.1) is 0 Å². The minimum absolute atomic E-state index is 0.193. The van der Waals surface area contributed by atoms with E-state index in [-0.39, 0.29) is 5.91 Å². The van der Waals surface area contributed by atoms with Gasteiger partial charge in [0.05, 0.1) is 0 Å². The number of piperidine rings is 1. The van der Waals surface area contributed by atoms with E-state index in [0.29, 0.717) is 12.5 Å². The molecule has 3 heteroatoms. The van der Waals surface area contributed by atoms with E-state index in [1.807, 2.05) is 48.5 Å². The Balaban J connectivity index is -0.000000425. The van der Waals surface area contributed by atoms with Crippen LogP contribution in [0.1, 0.15) is 81.1 Å². The zero-order valence-corrected chi connectivity index (χ0v) is 15.4. The van der Waals surface area contributed by atoms with Crippen LogP contribution in [-0.4, -0.2) is 36.5 Å². The van der Waals surface area contributed by atoms with Crippen molar-refractivity contribution in [2.24, 2.45) is 0 Å². The quantitative estimate of drug-likeness (QED) is 0.828. The lowest BCUT2D eigenvalue weighted by atomic mass is 10.0. The van der Waals surface area contributed by atoms with Crippen LogP contribution in [0.25, 0.3) is 0 Å². The summed E-state index contributed by atoms with van der Waals surface area (Å²) in [6.45, 7) is 19.6. The highest BCUT2D eigenvalue weighted by atomic mass is 16.1. The van der Waals surface area contributed by atoms with E-state index in [1.54, 1.807) is 0 Å². The largest absolute Gasteiger partial charge is 0.353 e. The van der Waals surface area contributed by atoms with E-state index in [1.165, 1.54) is 13.0 Å². The molecule has 0 aliphatic carbocycles. The molecule has 1 saturated heterocycles. The Hall–Kier alpha value is -0.570. The Morgan fingerprint density at radius 2 is 1.45 bits per heavy atom. The molecule has 0 atom stereocenters. The summed E-state index contributed by atoms with van der Waals surface area (Å²) in [4.78, 5) is 13.6. The van der Waals surface area contributed by atoms with Crippen molar-refractivity contribution in [1.29, 1.82) is 0 Å². The summed E-state index contributed by atoms with van der Waals surface area (Å²) in [6, 6.07) is 0.426. The van der Waals surface area contributed by atoms with Gasteiger partial charge in [0.15, 0.2) is 0 Å². The number of amides is 1. The van der Waals surface area contributed by atoms with Crippen molar-refractivity contribution in [3.8, 4) is 0 Å². The lowest BCUT2D eigenvalue weighted by molar-refractivity contribution is -0.121. The van der Waals surface area contributed by atoms with Gasteiger partial charge in [-0.3, -0.25) is 4.79 Å². The molecule has 1 aliphatic rings. The molecule has 1 N–H and O–H groups in total. The fourth-order valence-corrected chi connectivity index (χ4v) is 1.95. The van der Waals surface area contributed by atoms with Crippen LogP contribution in [0.2, 0.25) is 0 Å². The van der Waals surface area contributed by atoms with Gasteiger partial charge in [-0.2, -0.15) is 0 Å². The smallest absolute Gasteiger partial charge is 0.219 e. The van der Waals surface area contributed by atoms with Crippen LogP contribution in [0.15, 0.2) is 0 Å². The molecular formula is C17H40N2O. The second-order valence-electron chi connectivity index (χ2n) is 4.04. The molecule has 0 saturated carbocycles. The maximum absolute atomic E-state index is 11.2. The van der Waals surface area contributed by atoms with Gasteiger partial charge >= 0.3 is 0 Å². The monoisotopic (exact) mass is 288 g/mol. The average molecular weight is 289 g/mol. The highest BCUT2D eigenvalue weighted by Crippen LogP contribution is 2.10. The van der Waals surface area contributed by atoms with E-state index in [4.69, 9.17) is 0 Å². The van der Waals surface area contributed by atoms with Crippen molar-refractivity contribution in [2.45, 2.75) is 87.1 Å². The maximum Gasteiger partial charge on any atom is 0.219 e. The lowest BCUT2D eigenvalue weighted by Gasteiger charge is -2.32. The van der Waals surface area contributed by atoms with Crippen molar-refractivity contribution in [3.63, 3.8) is 0 Å². The molecule has 0 aromatic heterocycles. The van der Waals surface area contributed by atoms with E-state index in [2.05, 4.69) is 17.1 Å². The van der Waals surface area contributed by atoms with E-state index >= 15 is 0 Å². The molecule has 1 amide bonds. The van der Waals surface area contributed by atoms with Gasteiger partial charge in [0, 0.05) is 25.6 Å². The number of carbonyl (C=O) groups is 1. The Kier molecular flexibility index (Phi) is 25.4. The topological polar surface area (TPSA) is 32.3 Å². The SMILES string of the molecule is CC.CC.CC.CCCN1CCC(NC(=O)CC)CC1. The number of hydrogen-bond donors (Lipinski definition) is 1. The third kappa shape index (κ3) is 13.9. The number of nitrogens with one attached hydrogen (secondary N) is 1. The normalized spacial score (nSPS) is 14.6. The predicted molar refractivity (Wildman–Crippen MR) is 92.2 cm³/mol. The average Bonchev–Trinajstić information content (AvgIpc) is 2.55. The van der Waals surface area contributed by atoms with Crippen LogP contribution in [0.5, 0.6) is 0 Å². The molecule has 0 bridgehead atoms. The molecule has 1 aliphatic heterocycles. The van der Waals surface area contributed by atoms with Gasteiger partial charge in [-0.25, -0.2) is 0 Å². The van der Waals surface area contributed by atoms with Crippen molar-refractivity contribution in [3.05, 3.63) is 0 Å². The van der Waals surface area contributed by atoms with Crippen molar-refractivity contribution in [2.75, 3.05) is 19.6 Å². The van der Waals surface area contributed by atoms with Gasteiger partial charge in [0.2, 0.25) is 5.91 Å². The second kappa shape index (κ2) is 20.7. The molecular weight excluding hydrogens is 248 g/mol. The lowest BCUT2D eigenvalue weighted by Crippen LogP contribution is -2.44. The first kappa shape index (κ1) is 24.4. The third-order valence-corrected chi connectivity index (χ3v) is 2.81. The molecule has 3 nitrogen and oxygen atoms in total. The van der Waals surface area contributed by atoms with Gasteiger partial charge in [0.25, 0.3) is 0 Å². The van der Waals surface area contributed by atoms with E-state index in [0.717, 1.165) is 25.9 Å². The zero-order valence-electron chi connectivity index (χ0n) is 15.4. The fraction of sp³-hybridized carbons (Fsp3) is 0.941. The Morgan fingerprint density at radius 1 is 1.00 bits per heavy atom. The molecule has 0 radical (unpaired) electrons. The van der Waals surface area contributed by atoms with Crippen LogP contribution >= 0.6 is 0 Å². The first-order valence-electron chi connectivity index (χ1n) is 8.78. The van der Waals surface area contributed by atoms with Crippen molar-refractivity contribution >= 4 is 5.91 Å². The molecule has 124 valence electrons. The van der Waals surface area contributed by atoms with Gasteiger partial charge in [-0.05, 0) is 25.8 Å². The van der Waals surface area contributed by atoms with Gasteiger partial charge < -0.3 is 10.2 Å². The van der Waals surface area contributed by atoms with Gasteiger partial charge in [-0.1, -0.05) is 55.4 Å². The number of likely N-dealkylation sites (tertiary alicyclic amines) is 1. The van der Waals surface area contributed by atoms with Crippen molar-refractivity contribution in [1.82, 2.24) is 10.2 Å². The van der Waals surface area contributed by atoms with Gasteiger partial charge in [-0.15, -0.1) is 0 Å². The maximum atomic E-state index is 11.2. The number of carbonyl (C=O) groups excluding carboxylic acids is 1. The summed E-state index contributed by atoms with van der Waals surface area (Å²) < 4.78 is 0. The fourth-order valence-electron chi connectivity index (χ4n) is 1.95. The standard InChI is InChI=1S/C11H22N2O.3C2H6/c1-3-7-13-8-5-10(6-9-13)12-11(14)4-2;3*1-2/h10H,3-9H2,1-2H3,(H,12,14);3*1-2H3. The Bertz CT molecular complexity index is 176. The highest BCUT2D eigenvalue weighted by Gasteiger charge is 2.19. The first-order chi connectivity index (χ1) is 9.76. The van der Waals surface area contributed by atoms with Crippen LogP contribution in [0.4, 0.5) is 0 Å². The molecule has 0 spiro atoms. The van der Waals surface area contributed by atoms with Crippen LogP contribution in [0.3, 0.4) is 0 Å². The number of hydrogen-bond acceptors (Lipinski definition) is 2. The zero-order chi connectivity index (χ0) is 16.4. The number of nitrogens with zero attached hydrogens (tertiary/aromatic N) is 1. The Labute approximate surface area is 128 Å². The summed E-state index contributed by atoms with van der Waals surface area (Å²) in [5.74, 6) is 0.193. The minimum Gasteiger partial charge on any atom is -0.353 e. The Morgan fingerprint density at radius 3 is 1.80 bits per heavy atom. The van der Waals surface area contributed by atoms with Crippen LogP contribution < -0.4 is 5.32 Å². The molecule has 20 heavy (non-hydrogen) atoms. The molecule has 1 rings (SSSR count). The molecule has 0 aromatic carbocycles. The summed E-state index contributed by atoms with van der Waals surface area (Å²) in [7, 11) is 0. The minimum atomic E-state index is 0.193. The van der Waals surface area contributed by atoms with Crippen LogP contribution in [-0.2, 0) is 4.79 Å². The van der Waals surface area contributed by atoms with E-state index < -0.39 is 0 Å². The van der Waals surface area contributed by atoms with Crippen molar-refractivity contribution < 1.29 is 4.79 Å². The molecule has 1 fully saturated rings. The highest BCUT2D eigenvalue weighted by molar-refractivity contribution is 5.75. The third-order valence-electron chi connectivity index (χ3n) is 2.81. The summed E-state index contributed by atoms with van der Waals surface area (Å²) in [5, 5.41) is 3.07. The molecule has 1 heterocycles. The summed E-state index contributed by atoms with van der Waals surface area (Å²) in [6.07, 6.45) is 4.07. The van der Waals surface area contributed by atoms with E-state index in [9.17, 15) is 4.79 Å². The first-order valence-corrected chi connectivity index (χ1v) is 8.78. The molecule has 0 aromatic rings. The molecule has 0 unspecified atom stereocenters.